The minimum atomic E-state index is -0.481. The first-order valence-corrected chi connectivity index (χ1v) is 20.7. The van der Waals surface area contributed by atoms with Gasteiger partial charge < -0.3 is 9.71 Å². The summed E-state index contributed by atoms with van der Waals surface area (Å²) in [6.45, 7) is 2.18. The maximum atomic E-state index is 2.65. The van der Waals surface area contributed by atoms with Gasteiger partial charge in [-0.05, 0) is 115 Å². The largest absolute Gasteiger partial charge is 0.376 e. The fourth-order valence-corrected chi connectivity index (χ4v) is 11.2. The molecule has 0 atom stereocenters. The van der Waals surface area contributed by atoms with Crippen LogP contribution in [0, 0.1) is 6.92 Å². The quantitative estimate of drug-likeness (QED) is 0.166. The number of para-hydroxylation sites is 2. The van der Waals surface area contributed by atoms with E-state index in [4.69, 9.17) is 0 Å². The lowest BCUT2D eigenvalue weighted by atomic mass is 9.42. The lowest BCUT2D eigenvalue weighted by molar-refractivity contribution is 0.753. The standard InChI is InChI=1S/C56H37BN2/c1-36-33-45-44-32-29-40(38-17-6-3-7-18-38)35-52(44)59(41-30-27-39(28-31-41)37-15-4-2-5-16-37)57-50-25-14-24-49-55(50)58(53(34-36)54(45)57)51-26-13-12-23-48(51)56(49)46-21-10-8-19-42(46)43-20-9-11-22-47(43)56/h2-35H,1H3. The molecule has 0 amide bonds. The zero-order valence-electron chi connectivity index (χ0n) is 32.6. The number of aryl methyl sites for hydroxylation is 1. The molecule has 9 aromatic rings. The minimum absolute atomic E-state index is 0.0814. The highest BCUT2D eigenvalue weighted by Crippen LogP contribution is 2.64. The van der Waals surface area contributed by atoms with E-state index in [1.165, 1.54) is 112 Å². The fourth-order valence-electron chi connectivity index (χ4n) is 11.2. The molecule has 3 heteroatoms. The van der Waals surface area contributed by atoms with Crippen molar-refractivity contribution >= 4 is 46.2 Å². The highest BCUT2D eigenvalue weighted by Gasteiger charge is 2.55. The summed E-state index contributed by atoms with van der Waals surface area (Å²) in [4.78, 5) is 5.27. The first-order chi connectivity index (χ1) is 29.2. The van der Waals surface area contributed by atoms with E-state index in [-0.39, 0.29) is 6.85 Å². The van der Waals surface area contributed by atoms with Crippen LogP contribution in [-0.4, -0.2) is 6.85 Å². The molecule has 59 heavy (non-hydrogen) atoms. The lowest BCUT2D eigenvalue weighted by Crippen LogP contribution is -2.62. The fraction of sp³-hybridized carbons (Fsp3) is 0.0357. The van der Waals surface area contributed by atoms with Gasteiger partial charge in [-0.2, -0.15) is 0 Å². The summed E-state index contributed by atoms with van der Waals surface area (Å²) >= 11 is 0. The zero-order valence-corrected chi connectivity index (χ0v) is 32.6. The Hall–Kier alpha value is -7.36. The van der Waals surface area contributed by atoms with Crippen molar-refractivity contribution in [3.8, 4) is 44.5 Å². The summed E-state index contributed by atoms with van der Waals surface area (Å²) in [7, 11) is 0. The second kappa shape index (κ2) is 12.1. The number of rotatable bonds is 3. The molecule has 0 radical (unpaired) electrons. The van der Waals surface area contributed by atoms with Crippen molar-refractivity contribution in [2.24, 2.45) is 0 Å². The van der Waals surface area contributed by atoms with E-state index >= 15 is 0 Å². The summed E-state index contributed by atoms with van der Waals surface area (Å²) in [5.41, 5.74) is 25.1. The third-order valence-corrected chi connectivity index (χ3v) is 13.5. The number of benzene rings is 9. The van der Waals surface area contributed by atoms with Gasteiger partial charge in [-0.3, -0.25) is 0 Å². The van der Waals surface area contributed by atoms with Crippen molar-refractivity contribution in [2.45, 2.75) is 12.3 Å². The van der Waals surface area contributed by atoms with Crippen LogP contribution < -0.4 is 20.6 Å². The molecule has 0 bridgehead atoms. The summed E-state index contributed by atoms with van der Waals surface area (Å²) in [6, 6.07) is 77.4. The maximum Gasteiger partial charge on any atom is 0.333 e. The second-order valence-corrected chi connectivity index (χ2v) is 16.5. The molecule has 0 fully saturated rings. The van der Waals surface area contributed by atoms with E-state index in [1.54, 1.807) is 0 Å². The first kappa shape index (κ1) is 32.7. The maximum absolute atomic E-state index is 2.65. The Kier molecular flexibility index (Phi) is 6.70. The zero-order chi connectivity index (χ0) is 38.8. The summed E-state index contributed by atoms with van der Waals surface area (Å²) in [6.07, 6.45) is 0. The molecule has 0 unspecified atom stereocenters. The van der Waals surface area contributed by atoms with Crippen LogP contribution in [0.15, 0.2) is 206 Å². The monoisotopic (exact) mass is 748 g/mol. The van der Waals surface area contributed by atoms with Crippen molar-refractivity contribution in [3.63, 3.8) is 0 Å². The number of nitrogens with zero attached hydrogens (tertiary/aromatic N) is 2. The van der Waals surface area contributed by atoms with Crippen LogP contribution in [0.4, 0.5) is 28.4 Å². The van der Waals surface area contributed by atoms with Gasteiger partial charge >= 0.3 is 6.85 Å². The summed E-state index contributed by atoms with van der Waals surface area (Å²) in [5, 5.41) is 0. The molecular weight excluding hydrogens is 711 g/mol. The lowest BCUT2D eigenvalue weighted by Gasteiger charge is -2.51. The Morgan fingerprint density at radius 1 is 0.390 bits per heavy atom. The van der Waals surface area contributed by atoms with Crippen molar-refractivity contribution in [3.05, 3.63) is 234 Å². The van der Waals surface area contributed by atoms with Gasteiger partial charge in [0.15, 0.2) is 0 Å². The Morgan fingerprint density at radius 3 is 1.68 bits per heavy atom. The first-order valence-electron chi connectivity index (χ1n) is 20.7. The van der Waals surface area contributed by atoms with Crippen molar-refractivity contribution in [2.75, 3.05) is 9.71 Å². The Balaban J connectivity index is 1.14. The molecule has 0 aromatic heterocycles. The number of hydrogen-bond acceptors (Lipinski definition) is 2. The van der Waals surface area contributed by atoms with E-state index in [9.17, 15) is 0 Å². The SMILES string of the molecule is Cc1cc2c3c(c1)N1c4ccccc4C4(c5ccccc5-c5ccccc54)c4cccc(c41)B3N(c1ccc(-c3ccccc3)cc1)c1cc(-c3ccccc3)ccc1-2. The van der Waals surface area contributed by atoms with Crippen molar-refractivity contribution in [1.82, 2.24) is 0 Å². The van der Waals surface area contributed by atoms with E-state index in [0.29, 0.717) is 0 Å². The molecular formula is C56H37BN2. The molecule has 2 nitrogen and oxygen atoms in total. The average Bonchev–Trinajstić information content (AvgIpc) is 3.59. The molecule has 1 spiro atoms. The third-order valence-electron chi connectivity index (χ3n) is 13.5. The van der Waals surface area contributed by atoms with Crippen LogP contribution in [0.1, 0.15) is 27.8 Å². The van der Waals surface area contributed by atoms with E-state index in [2.05, 4.69) is 223 Å². The van der Waals surface area contributed by atoms with Gasteiger partial charge in [-0.25, -0.2) is 0 Å². The molecule has 9 aromatic carbocycles. The number of fused-ring (bicyclic) bond motifs is 13. The van der Waals surface area contributed by atoms with Gasteiger partial charge in [-0.15, -0.1) is 0 Å². The molecule has 0 N–H and O–H groups in total. The van der Waals surface area contributed by atoms with Crippen LogP contribution in [0.3, 0.4) is 0 Å². The molecule has 0 saturated carbocycles. The normalized spacial score (nSPS) is 14.2. The Labute approximate surface area is 345 Å². The Bertz CT molecular complexity index is 3140. The van der Waals surface area contributed by atoms with E-state index < -0.39 is 5.41 Å². The van der Waals surface area contributed by atoms with Gasteiger partial charge in [0.2, 0.25) is 0 Å². The van der Waals surface area contributed by atoms with Crippen LogP contribution in [-0.2, 0) is 5.41 Å². The van der Waals surface area contributed by atoms with Crippen LogP contribution in [0.25, 0.3) is 44.5 Å². The van der Waals surface area contributed by atoms with E-state index in [0.717, 1.165) is 0 Å². The molecule has 3 aliphatic heterocycles. The summed E-state index contributed by atoms with van der Waals surface area (Å²) in [5.74, 6) is 0. The molecule has 274 valence electrons. The van der Waals surface area contributed by atoms with Gasteiger partial charge in [0.25, 0.3) is 0 Å². The molecule has 1 aliphatic carbocycles. The van der Waals surface area contributed by atoms with Crippen LogP contribution in [0.5, 0.6) is 0 Å². The molecule has 4 aliphatic rings. The number of hydrogen-bond donors (Lipinski definition) is 0. The average molecular weight is 749 g/mol. The van der Waals surface area contributed by atoms with Gasteiger partial charge in [0.05, 0.1) is 11.1 Å². The predicted octanol–water partition coefficient (Wildman–Crippen LogP) is 12.7. The van der Waals surface area contributed by atoms with Gasteiger partial charge in [-0.1, -0.05) is 176 Å². The Morgan fingerprint density at radius 2 is 0.966 bits per heavy atom. The van der Waals surface area contributed by atoms with Crippen LogP contribution >= 0.6 is 0 Å². The van der Waals surface area contributed by atoms with Gasteiger partial charge in [0, 0.05) is 28.3 Å². The van der Waals surface area contributed by atoms with Crippen molar-refractivity contribution in [1.29, 1.82) is 0 Å². The van der Waals surface area contributed by atoms with Crippen molar-refractivity contribution < 1.29 is 0 Å². The topological polar surface area (TPSA) is 6.48 Å². The van der Waals surface area contributed by atoms with Crippen LogP contribution in [0.2, 0.25) is 0 Å². The smallest absolute Gasteiger partial charge is 0.333 e. The summed E-state index contributed by atoms with van der Waals surface area (Å²) < 4.78 is 0. The highest BCUT2D eigenvalue weighted by atomic mass is 15.2. The predicted molar refractivity (Wildman–Crippen MR) is 247 cm³/mol. The third kappa shape index (κ3) is 4.32. The minimum Gasteiger partial charge on any atom is -0.376 e. The van der Waals surface area contributed by atoms with Gasteiger partial charge in [0.1, 0.15) is 0 Å². The molecule has 0 saturated heterocycles. The number of anilines is 5. The molecule has 13 rings (SSSR count). The van der Waals surface area contributed by atoms with E-state index in [1.807, 2.05) is 0 Å². The highest BCUT2D eigenvalue weighted by molar-refractivity contribution is 6.93. The molecule has 3 heterocycles. The second-order valence-electron chi connectivity index (χ2n) is 16.5.